The minimum Gasteiger partial charge on any atom is -0.495 e. The molecular weight excluding hydrogens is 410 g/mol. The van der Waals surface area contributed by atoms with Crippen molar-refractivity contribution in [2.75, 3.05) is 37.8 Å². The van der Waals surface area contributed by atoms with E-state index in [9.17, 15) is 0 Å². The van der Waals surface area contributed by atoms with Crippen molar-refractivity contribution >= 4 is 23.6 Å². The molecule has 0 saturated heterocycles. The van der Waals surface area contributed by atoms with E-state index in [0.29, 0.717) is 35.2 Å². The van der Waals surface area contributed by atoms with Crippen LogP contribution in [0.25, 0.3) is 17.2 Å². The Hall–Kier alpha value is -3.99. The summed E-state index contributed by atoms with van der Waals surface area (Å²) in [5.41, 5.74) is 9.40. The zero-order chi connectivity index (χ0) is 22.1. The van der Waals surface area contributed by atoms with Crippen molar-refractivity contribution < 1.29 is 9.15 Å². The van der Waals surface area contributed by atoms with Crippen molar-refractivity contribution in [2.24, 2.45) is 0 Å². The highest BCUT2D eigenvalue weighted by Gasteiger charge is 2.20. The molecule has 164 valence electrons. The molecule has 32 heavy (non-hydrogen) atoms. The van der Waals surface area contributed by atoms with E-state index in [4.69, 9.17) is 20.3 Å². The molecule has 0 amide bonds. The lowest BCUT2D eigenvalue weighted by molar-refractivity contribution is 0.260. The molecule has 1 aliphatic rings. The molecule has 0 bridgehead atoms. The number of pyridine rings is 1. The minimum absolute atomic E-state index is 0.184. The van der Waals surface area contributed by atoms with Crippen LogP contribution in [0.5, 0.6) is 5.75 Å². The molecule has 4 aromatic rings. The van der Waals surface area contributed by atoms with E-state index < -0.39 is 0 Å². The van der Waals surface area contributed by atoms with Crippen molar-refractivity contribution in [1.29, 1.82) is 5.41 Å². The average molecular weight is 433 g/mol. The zero-order valence-corrected chi connectivity index (χ0v) is 17.6. The van der Waals surface area contributed by atoms with E-state index in [2.05, 4.69) is 30.3 Å². The van der Waals surface area contributed by atoms with Crippen LogP contribution < -0.4 is 15.8 Å². The van der Waals surface area contributed by atoms with Crippen molar-refractivity contribution in [1.82, 2.24) is 29.5 Å². The second kappa shape index (κ2) is 8.27. The van der Waals surface area contributed by atoms with Gasteiger partial charge < -0.3 is 25.6 Å². The molecule has 0 fully saturated rings. The highest BCUT2D eigenvalue weighted by molar-refractivity contribution is 5.93. The Morgan fingerprint density at radius 1 is 1.38 bits per heavy atom. The van der Waals surface area contributed by atoms with Gasteiger partial charge in [-0.25, -0.2) is 4.98 Å². The topological polar surface area (TPSA) is 143 Å². The number of furan rings is 1. The SMILES string of the molecule is COc1cnc2c(c1)CN(CCNc1nc(N)n3nc(-c4ccco4)nc3c1C=N)CC2. The van der Waals surface area contributed by atoms with Crippen molar-refractivity contribution in [3.05, 3.63) is 47.5 Å². The molecule has 11 nitrogen and oxygen atoms in total. The smallest absolute Gasteiger partial charge is 0.225 e. The molecule has 0 atom stereocenters. The van der Waals surface area contributed by atoms with Crippen molar-refractivity contribution in [3.8, 4) is 17.3 Å². The number of rotatable bonds is 7. The van der Waals surface area contributed by atoms with Crippen LogP contribution in [0.3, 0.4) is 0 Å². The zero-order valence-electron chi connectivity index (χ0n) is 17.6. The number of hydrogen-bond acceptors (Lipinski definition) is 10. The second-order valence-corrected chi connectivity index (χ2v) is 7.46. The maximum Gasteiger partial charge on any atom is 0.225 e. The maximum atomic E-state index is 7.89. The number of fused-ring (bicyclic) bond motifs is 2. The van der Waals surface area contributed by atoms with E-state index in [1.807, 2.05) is 6.07 Å². The van der Waals surface area contributed by atoms with Crippen LogP contribution in [-0.4, -0.2) is 62.4 Å². The molecule has 1 aliphatic heterocycles. The third kappa shape index (κ3) is 3.62. The molecule has 4 N–H and O–H groups in total. The number of anilines is 2. The number of nitrogens with one attached hydrogen (secondary N) is 2. The molecule has 0 saturated carbocycles. The minimum atomic E-state index is 0.184. The molecule has 0 radical (unpaired) electrons. The summed E-state index contributed by atoms with van der Waals surface area (Å²) in [4.78, 5) is 15.8. The highest BCUT2D eigenvalue weighted by atomic mass is 16.5. The monoisotopic (exact) mass is 433 g/mol. The highest BCUT2D eigenvalue weighted by Crippen LogP contribution is 2.24. The van der Waals surface area contributed by atoms with Gasteiger partial charge in [0, 0.05) is 44.5 Å². The largest absolute Gasteiger partial charge is 0.495 e. The van der Waals surface area contributed by atoms with Crippen LogP contribution in [-0.2, 0) is 13.0 Å². The van der Waals surface area contributed by atoms with Gasteiger partial charge in [-0.2, -0.15) is 9.50 Å². The fraction of sp³-hybridized carbons (Fsp3) is 0.286. The lowest BCUT2D eigenvalue weighted by Gasteiger charge is -2.28. The fourth-order valence-corrected chi connectivity index (χ4v) is 3.85. The van der Waals surface area contributed by atoms with Gasteiger partial charge in [0.2, 0.25) is 11.8 Å². The molecule has 0 aromatic carbocycles. The number of nitrogens with two attached hydrogens (primary N) is 1. The van der Waals surface area contributed by atoms with Crippen LogP contribution in [0, 0.1) is 5.41 Å². The maximum absolute atomic E-state index is 7.89. The summed E-state index contributed by atoms with van der Waals surface area (Å²) in [6.07, 6.45) is 5.43. The van der Waals surface area contributed by atoms with Gasteiger partial charge >= 0.3 is 0 Å². The number of nitrogen functional groups attached to an aromatic ring is 1. The Kier molecular flexibility index (Phi) is 5.15. The van der Waals surface area contributed by atoms with Gasteiger partial charge in [0.25, 0.3) is 0 Å². The van der Waals surface area contributed by atoms with E-state index >= 15 is 0 Å². The summed E-state index contributed by atoms with van der Waals surface area (Å²) in [6, 6.07) is 5.58. The van der Waals surface area contributed by atoms with Crippen LogP contribution in [0.1, 0.15) is 16.8 Å². The molecule has 0 aliphatic carbocycles. The van der Waals surface area contributed by atoms with Crippen LogP contribution in [0.4, 0.5) is 11.8 Å². The first-order valence-corrected chi connectivity index (χ1v) is 10.2. The van der Waals surface area contributed by atoms with Gasteiger partial charge in [0.15, 0.2) is 11.4 Å². The van der Waals surface area contributed by atoms with E-state index in [-0.39, 0.29) is 5.95 Å². The Balaban J connectivity index is 1.31. The number of hydrogen-bond donors (Lipinski definition) is 3. The summed E-state index contributed by atoms with van der Waals surface area (Å²) >= 11 is 0. The Morgan fingerprint density at radius 3 is 3.06 bits per heavy atom. The first-order valence-electron chi connectivity index (χ1n) is 10.2. The third-order valence-electron chi connectivity index (χ3n) is 5.48. The van der Waals surface area contributed by atoms with Gasteiger partial charge in [-0.1, -0.05) is 0 Å². The third-order valence-corrected chi connectivity index (χ3v) is 5.48. The fourth-order valence-electron chi connectivity index (χ4n) is 3.85. The lowest BCUT2D eigenvalue weighted by Crippen LogP contribution is -2.34. The van der Waals surface area contributed by atoms with E-state index in [1.54, 1.807) is 31.7 Å². The van der Waals surface area contributed by atoms with Crippen LogP contribution in [0.2, 0.25) is 0 Å². The molecule has 5 heterocycles. The Bertz CT molecular complexity index is 1270. The summed E-state index contributed by atoms with van der Waals surface area (Å²) < 4.78 is 12.1. The molecule has 5 rings (SSSR count). The summed E-state index contributed by atoms with van der Waals surface area (Å²) in [7, 11) is 1.65. The predicted octanol–water partition coefficient (Wildman–Crippen LogP) is 1.84. The standard InChI is InChI=1S/C21H23N9O2/c1-31-14-9-13-12-29(6-4-16(13)25-11-14)7-5-24-18-15(10-22)20-26-19(17-3-2-8-32-17)28-30(20)21(23)27-18/h2-3,8-11,22,24H,4-7,12H2,1H3,(H2,23,27). The van der Waals surface area contributed by atoms with E-state index in [0.717, 1.165) is 37.5 Å². The number of ether oxygens (including phenoxy) is 1. The molecule has 0 unspecified atom stereocenters. The number of nitrogens with zero attached hydrogens (tertiary/aromatic N) is 6. The average Bonchev–Trinajstić information content (AvgIpc) is 3.49. The van der Waals surface area contributed by atoms with Gasteiger partial charge in [0.1, 0.15) is 11.6 Å². The van der Waals surface area contributed by atoms with Crippen LogP contribution in [0.15, 0.2) is 35.1 Å². The lowest BCUT2D eigenvalue weighted by atomic mass is 10.1. The van der Waals surface area contributed by atoms with Gasteiger partial charge in [-0.05, 0) is 23.8 Å². The van der Waals surface area contributed by atoms with Crippen LogP contribution >= 0.6 is 0 Å². The number of methoxy groups -OCH3 is 1. The molecular formula is C21H23N9O2. The Morgan fingerprint density at radius 2 is 2.28 bits per heavy atom. The molecule has 0 spiro atoms. The predicted molar refractivity (Wildman–Crippen MR) is 119 cm³/mol. The van der Waals surface area contributed by atoms with Crippen molar-refractivity contribution in [3.63, 3.8) is 0 Å². The number of aromatic nitrogens is 5. The second-order valence-electron chi connectivity index (χ2n) is 7.46. The molecule has 4 aromatic heterocycles. The first kappa shape index (κ1) is 19.9. The quantitative estimate of drug-likeness (QED) is 0.372. The van der Waals surface area contributed by atoms with Gasteiger partial charge in [-0.3, -0.25) is 9.88 Å². The summed E-state index contributed by atoms with van der Waals surface area (Å²) in [5, 5.41) is 15.6. The normalized spacial score (nSPS) is 13.8. The summed E-state index contributed by atoms with van der Waals surface area (Å²) in [5.74, 6) is 2.37. The summed E-state index contributed by atoms with van der Waals surface area (Å²) in [6.45, 7) is 3.17. The first-order chi connectivity index (χ1) is 15.7. The van der Waals surface area contributed by atoms with Crippen molar-refractivity contribution in [2.45, 2.75) is 13.0 Å². The molecule has 11 heteroatoms. The Labute approximate surface area is 183 Å². The van der Waals surface area contributed by atoms with Gasteiger partial charge in [-0.15, -0.1) is 5.10 Å². The van der Waals surface area contributed by atoms with E-state index in [1.165, 1.54) is 16.3 Å². The van der Waals surface area contributed by atoms with Gasteiger partial charge in [0.05, 0.1) is 25.1 Å².